The summed E-state index contributed by atoms with van der Waals surface area (Å²) in [5, 5.41) is 0.507. The SMILES string of the molecule is O=S(=O)(NCCc1cccn1Cc1cccnc1)c1ccc(Cl)cc1. The van der Waals surface area contributed by atoms with Crippen molar-refractivity contribution in [2.45, 2.75) is 17.9 Å². The zero-order valence-electron chi connectivity index (χ0n) is 13.5. The van der Waals surface area contributed by atoms with E-state index in [1.54, 1.807) is 18.3 Å². The van der Waals surface area contributed by atoms with E-state index in [9.17, 15) is 8.42 Å². The fourth-order valence-electron chi connectivity index (χ4n) is 2.53. The topological polar surface area (TPSA) is 64.0 Å². The van der Waals surface area contributed by atoms with E-state index < -0.39 is 10.0 Å². The lowest BCUT2D eigenvalue weighted by Crippen LogP contribution is -2.26. The van der Waals surface area contributed by atoms with Crippen LogP contribution in [0.15, 0.2) is 72.0 Å². The third kappa shape index (κ3) is 4.69. The number of nitrogens with zero attached hydrogens (tertiary/aromatic N) is 2. The molecule has 0 unspecified atom stereocenters. The standard InChI is InChI=1S/C18H18ClN3O2S/c19-16-5-7-18(8-6-16)25(23,24)21-11-9-17-4-2-12-22(17)14-15-3-1-10-20-13-15/h1-8,10,12-13,21H,9,11,14H2. The van der Waals surface area contributed by atoms with Gasteiger partial charge < -0.3 is 4.57 Å². The van der Waals surface area contributed by atoms with Crippen molar-refractivity contribution in [1.29, 1.82) is 0 Å². The van der Waals surface area contributed by atoms with Crippen LogP contribution in [-0.4, -0.2) is 24.5 Å². The van der Waals surface area contributed by atoms with Gasteiger partial charge in [0.25, 0.3) is 0 Å². The van der Waals surface area contributed by atoms with E-state index in [0.717, 1.165) is 11.3 Å². The highest BCUT2D eigenvalue weighted by Crippen LogP contribution is 2.14. The highest BCUT2D eigenvalue weighted by molar-refractivity contribution is 7.89. The lowest BCUT2D eigenvalue weighted by atomic mass is 10.2. The first kappa shape index (κ1) is 17.7. The number of rotatable bonds is 7. The van der Waals surface area contributed by atoms with Crippen LogP contribution in [0, 0.1) is 0 Å². The smallest absolute Gasteiger partial charge is 0.240 e. The van der Waals surface area contributed by atoms with Crippen LogP contribution in [0.1, 0.15) is 11.3 Å². The van der Waals surface area contributed by atoms with Crippen molar-refractivity contribution in [3.8, 4) is 0 Å². The number of hydrogen-bond acceptors (Lipinski definition) is 3. The van der Waals surface area contributed by atoms with Gasteiger partial charge in [-0.15, -0.1) is 0 Å². The Labute approximate surface area is 152 Å². The number of pyridine rings is 1. The average Bonchev–Trinajstić information content (AvgIpc) is 3.03. The Morgan fingerprint density at radius 1 is 1.08 bits per heavy atom. The maximum atomic E-state index is 12.3. The summed E-state index contributed by atoms with van der Waals surface area (Å²) >= 11 is 5.80. The zero-order chi connectivity index (χ0) is 17.7. The predicted octanol–water partition coefficient (Wildman–Crippen LogP) is 3.11. The van der Waals surface area contributed by atoms with Gasteiger partial charge in [0.1, 0.15) is 0 Å². The molecule has 0 saturated heterocycles. The van der Waals surface area contributed by atoms with E-state index in [4.69, 9.17) is 11.6 Å². The van der Waals surface area contributed by atoms with Gasteiger partial charge in [0.2, 0.25) is 10.0 Å². The summed E-state index contributed by atoms with van der Waals surface area (Å²) in [4.78, 5) is 4.33. The first-order valence-electron chi connectivity index (χ1n) is 7.83. The van der Waals surface area contributed by atoms with Crippen molar-refractivity contribution in [3.05, 3.63) is 83.4 Å². The first-order chi connectivity index (χ1) is 12.0. The van der Waals surface area contributed by atoms with Crippen LogP contribution in [0.25, 0.3) is 0 Å². The molecule has 0 amide bonds. The van der Waals surface area contributed by atoms with Gasteiger partial charge in [0.15, 0.2) is 0 Å². The monoisotopic (exact) mass is 375 g/mol. The minimum absolute atomic E-state index is 0.211. The lowest BCUT2D eigenvalue weighted by molar-refractivity contribution is 0.580. The summed E-state index contributed by atoms with van der Waals surface area (Å²) in [6.45, 7) is 1.03. The second-order valence-electron chi connectivity index (χ2n) is 5.59. The van der Waals surface area contributed by atoms with Crippen molar-refractivity contribution in [1.82, 2.24) is 14.3 Å². The molecule has 25 heavy (non-hydrogen) atoms. The fraction of sp³-hybridized carbons (Fsp3) is 0.167. The van der Waals surface area contributed by atoms with Gasteiger partial charge in [-0.25, -0.2) is 13.1 Å². The molecule has 130 valence electrons. The van der Waals surface area contributed by atoms with Crippen LogP contribution in [0.5, 0.6) is 0 Å². The minimum atomic E-state index is -3.53. The second-order valence-corrected chi connectivity index (χ2v) is 7.79. The predicted molar refractivity (Wildman–Crippen MR) is 98.1 cm³/mol. The van der Waals surface area contributed by atoms with Gasteiger partial charge >= 0.3 is 0 Å². The Kier molecular flexibility index (Phi) is 5.53. The molecule has 1 aromatic carbocycles. The quantitative estimate of drug-likeness (QED) is 0.690. The number of sulfonamides is 1. The summed E-state index contributed by atoms with van der Waals surface area (Å²) in [6.07, 6.45) is 6.15. The maximum absolute atomic E-state index is 12.3. The maximum Gasteiger partial charge on any atom is 0.240 e. The van der Waals surface area contributed by atoms with Gasteiger partial charge in [-0.1, -0.05) is 17.7 Å². The number of benzene rings is 1. The van der Waals surface area contributed by atoms with E-state index in [2.05, 4.69) is 14.3 Å². The highest BCUT2D eigenvalue weighted by Gasteiger charge is 2.13. The molecule has 0 bridgehead atoms. The van der Waals surface area contributed by atoms with Crippen LogP contribution < -0.4 is 4.72 Å². The molecule has 1 N–H and O–H groups in total. The fourth-order valence-corrected chi connectivity index (χ4v) is 3.69. The molecule has 0 fully saturated rings. The van der Waals surface area contributed by atoms with E-state index in [1.165, 1.54) is 12.1 Å². The summed E-state index contributed by atoms with van der Waals surface area (Å²) in [7, 11) is -3.53. The summed E-state index contributed by atoms with van der Waals surface area (Å²) in [6, 6.07) is 14.0. The Morgan fingerprint density at radius 2 is 1.88 bits per heavy atom. The molecule has 7 heteroatoms. The van der Waals surface area contributed by atoms with Crippen LogP contribution in [0.4, 0.5) is 0 Å². The normalized spacial score (nSPS) is 11.6. The van der Waals surface area contributed by atoms with Crippen molar-refractivity contribution >= 4 is 21.6 Å². The number of halogens is 1. The molecular formula is C18H18ClN3O2S. The first-order valence-corrected chi connectivity index (χ1v) is 9.69. The molecule has 0 saturated carbocycles. The van der Waals surface area contributed by atoms with Crippen LogP contribution in [0.3, 0.4) is 0 Å². The molecule has 3 aromatic rings. The molecule has 0 aliphatic heterocycles. The van der Waals surface area contributed by atoms with Crippen molar-refractivity contribution in [2.75, 3.05) is 6.54 Å². The van der Waals surface area contributed by atoms with Crippen LogP contribution in [0.2, 0.25) is 5.02 Å². The summed E-state index contributed by atoms with van der Waals surface area (Å²) < 4.78 is 29.3. The number of hydrogen-bond donors (Lipinski definition) is 1. The molecule has 2 heterocycles. The highest BCUT2D eigenvalue weighted by atomic mass is 35.5. The molecule has 5 nitrogen and oxygen atoms in total. The van der Waals surface area contributed by atoms with Crippen molar-refractivity contribution < 1.29 is 8.42 Å². The molecule has 0 radical (unpaired) electrons. The molecule has 2 aromatic heterocycles. The van der Waals surface area contributed by atoms with Gasteiger partial charge in [-0.2, -0.15) is 0 Å². The molecule has 0 spiro atoms. The Bertz CT molecular complexity index is 922. The number of nitrogens with one attached hydrogen (secondary N) is 1. The third-order valence-electron chi connectivity index (χ3n) is 3.80. The van der Waals surface area contributed by atoms with Gasteiger partial charge in [-0.05, 0) is 48.0 Å². The number of aromatic nitrogens is 2. The zero-order valence-corrected chi connectivity index (χ0v) is 15.0. The molecular weight excluding hydrogens is 358 g/mol. The molecule has 0 atom stereocenters. The largest absolute Gasteiger partial charge is 0.347 e. The van der Waals surface area contributed by atoms with Gasteiger partial charge in [0.05, 0.1) is 4.90 Å². The van der Waals surface area contributed by atoms with E-state index >= 15 is 0 Å². The Balaban J connectivity index is 1.61. The molecule has 3 rings (SSSR count). The Morgan fingerprint density at radius 3 is 2.60 bits per heavy atom. The van der Waals surface area contributed by atoms with Crippen LogP contribution in [-0.2, 0) is 23.0 Å². The average molecular weight is 376 g/mol. The van der Waals surface area contributed by atoms with Crippen molar-refractivity contribution in [3.63, 3.8) is 0 Å². The summed E-state index contributed by atoms with van der Waals surface area (Å²) in [5.74, 6) is 0. The van der Waals surface area contributed by atoms with E-state index in [1.807, 2.05) is 36.7 Å². The summed E-state index contributed by atoms with van der Waals surface area (Å²) in [5.41, 5.74) is 2.16. The second kappa shape index (κ2) is 7.82. The lowest BCUT2D eigenvalue weighted by Gasteiger charge is -2.10. The van der Waals surface area contributed by atoms with Crippen molar-refractivity contribution in [2.24, 2.45) is 0 Å². The third-order valence-corrected chi connectivity index (χ3v) is 5.53. The van der Waals surface area contributed by atoms with Gasteiger partial charge in [-0.3, -0.25) is 4.98 Å². The van der Waals surface area contributed by atoms with Gasteiger partial charge in [0, 0.05) is 48.8 Å². The Hall–Kier alpha value is -2.15. The van der Waals surface area contributed by atoms with E-state index in [0.29, 0.717) is 24.5 Å². The molecule has 0 aliphatic rings. The minimum Gasteiger partial charge on any atom is -0.347 e. The van der Waals surface area contributed by atoms with Crippen LogP contribution >= 0.6 is 11.6 Å². The molecule has 0 aliphatic carbocycles. The van der Waals surface area contributed by atoms with E-state index in [-0.39, 0.29) is 4.90 Å².